The molecular formula is C26H30O14. The standard InChI is InChI=1S/C26H30O14/c27-11-3-1-10(2-4-11)16-7-14(29)19-13(28)5-12(6-17(19)39-16)38-26-24(35)22(33)21(32)18(40-26)9-37-25-23(34)20(31)15(30)8-36-25/h1-6,15-16,18,20-28,30-35H,7-9H2/t15-,16?,18?,20?,21+,22-,23?,24?,25-,26+/m0/s1. The van der Waals surface area contributed by atoms with Crippen LogP contribution < -0.4 is 9.47 Å². The Morgan fingerprint density at radius 1 is 0.850 bits per heavy atom. The fourth-order valence-corrected chi connectivity index (χ4v) is 4.76. The van der Waals surface area contributed by atoms with E-state index in [-0.39, 0.29) is 35.8 Å². The molecule has 3 aliphatic heterocycles. The van der Waals surface area contributed by atoms with Crippen LogP contribution in [0, 0.1) is 0 Å². The minimum absolute atomic E-state index is 0.000675. The first-order valence-corrected chi connectivity index (χ1v) is 12.5. The van der Waals surface area contributed by atoms with Crippen molar-refractivity contribution in [2.45, 2.75) is 67.8 Å². The van der Waals surface area contributed by atoms with E-state index in [1.165, 1.54) is 18.2 Å². The van der Waals surface area contributed by atoms with Gasteiger partial charge in [0, 0.05) is 12.1 Å². The molecule has 5 unspecified atom stereocenters. The van der Waals surface area contributed by atoms with Crippen LogP contribution in [0.5, 0.6) is 23.0 Å². The van der Waals surface area contributed by atoms with E-state index in [2.05, 4.69) is 0 Å². The third-order valence-corrected chi connectivity index (χ3v) is 7.04. The van der Waals surface area contributed by atoms with E-state index >= 15 is 0 Å². The van der Waals surface area contributed by atoms with E-state index in [9.17, 15) is 45.6 Å². The van der Waals surface area contributed by atoms with Gasteiger partial charge in [0.05, 0.1) is 19.6 Å². The Bertz CT molecular complexity index is 1200. The smallest absolute Gasteiger partial charge is 0.229 e. The van der Waals surface area contributed by atoms with Gasteiger partial charge < -0.3 is 64.5 Å². The van der Waals surface area contributed by atoms with Gasteiger partial charge in [-0.15, -0.1) is 0 Å². The lowest BCUT2D eigenvalue weighted by atomic mass is 9.95. The summed E-state index contributed by atoms with van der Waals surface area (Å²) in [5.41, 5.74) is 0.551. The number of ether oxygens (including phenoxy) is 5. The lowest BCUT2D eigenvalue weighted by Gasteiger charge is -2.41. The molecule has 40 heavy (non-hydrogen) atoms. The Balaban J connectivity index is 1.29. The van der Waals surface area contributed by atoms with Crippen molar-refractivity contribution in [3.05, 3.63) is 47.5 Å². The van der Waals surface area contributed by atoms with Crippen LogP contribution in [-0.2, 0) is 14.2 Å². The van der Waals surface area contributed by atoms with Gasteiger partial charge in [0.1, 0.15) is 77.4 Å². The molecule has 0 saturated carbocycles. The van der Waals surface area contributed by atoms with E-state index in [0.29, 0.717) is 5.56 Å². The predicted octanol–water partition coefficient (Wildman–Crippen LogP) is -1.55. The second kappa shape index (κ2) is 11.4. The summed E-state index contributed by atoms with van der Waals surface area (Å²) in [5.74, 6) is -0.889. The van der Waals surface area contributed by atoms with Crippen molar-refractivity contribution in [1.29, 1.82) is 0 Å². The number of Topliss-reactive ketones (excluding diaryl/α,β-unsaturated/α-hetero) is 1. The fraction of sp³-hybridized carbons (Fsp3) is 0.500. The maximum Gasteiger partial charge on any atom is 0.229 e. The van der Waals surface area contributed by atoms with Crippen molar-refractivity contribution in [2.24, 2.45) is 0 Å². The zero-order valence-electron chi connectivity index (χ0n) is 20.9. The van der Waals surface area contributed by atoms with Gasteiger partial charge in [0.25, 0.3) is 0 Å². The molecule has 2 saturated heterocycles. The van der Waals surface area contributed by atoms with Gasteiger partial charge in [-0.3, -0.25) is 4.79 Å². The van der Waals surface area contributed by atoms with Gasteiger partial charge in [-0.05, 0) is 17.7 Å². The first-order valence-electron chi connectivity index (χ1n) is 12.5. The summed E-state index contributed by atoms with van der Waals surface area (Å²) in [4.78, 5) is 12.8. The highest BCUT2D eigenvalue weighted by Crippen LogP contribution is 2.42. The number of ketones is 1. The zero-order chi connectivity index (χ0) is 28.7. The number of carbonyl (C=O) groups is 1. The van der Waals surface area contributed by atoms with Gasteiger partial charge in [0.2, 0.25) is 6.29 Å². The molecule has 218 valence electrons. The maximum absolute atomic E-state index is 12.8. The predicted molar refractivity (Wildman–Crippen MR) is 130 cm³/mol. The van der Waals surface area contributed by atoms with Crippen molar-refractivity contribution in [1.82, 2.24) is 0 Å². The van der Waals surface area contributed by atoms with Crippen molar-refractivity contribution in [3.63, 3.8) is 0 Å². The molecule has 0 radical (unpaired) electrons. The number of aromatic hydroxyl groups is 2. The average Bonchev–Trinajstić information content (AvgIpc) is 2.92. The van der Waals surface area contributed by atoms with Crippen LogP contribution in [0.2, 0.25) is 0 Å². The average molecular weight is 567 g/mol. The lowest BCUT2D eigenvalue weighted by molar-refractivity contribution is -0.307. The van der Waals surface area contributed by atoms with Crippen LogP contribution in [-0.4, -0.2) is 115 Å². The normalized spacial score (nSPS) is 36.0. The third kappa shape index (κ3) is 5.58. The number of aliphatic hydroxyl groups excluding tert-OH is 6. The molecule has 0 aliphatic carbocycles. The highest BCUT2D eigenvalue weighted by Gasteiger charge is 2.46. The van der Waals surface area contributed by atoms with Crippen molar-refractivity contribution < 1.29 is 69.3 Å². The molecule has 14 heteroatoms. The van der Waals surface area contributed by atoms with Crippen LogP contribution in [0.1, 0.15) is 28.4 Å². The molecule has 0 amide bonds. The molecule has 0 aromatic heterocycles. The fourth-order valence-electron chi connectivity index (χ4n) is 4.76. The van der Waals surface area contributed by atoms with E-state index < -0.39 is 79.6 Å². The van der Waals surface area contributed by atoms with E-state index in [1.54, 1.807) is 12.1 Å². The number of aliphatic hydroxyl groups is 6. The Labute approximate surface area is 227 Å². The summed E-state index contributed by atoms with van der Waals surface area (Å²) in [6.07, 6.45) is -14.6. The summed E-state index contributed by atoms with van der Waals surface area (Å²) in [6, 6.07) is 8.50. The number of carbonyl (C=O) groups excluding carboxylic acids is 1. The van der Waals surface area contributed by atoms with E-state index in [1.807, 2.05) is 0 Å². The molecule has 3 heterocycles. The molecule has 2 aromatic carbocycles. The van der Waals surface area contributed by atoms with E-state index in [0.717, 1.165) is 6.07 Å². The minimum Gasteiger partial charge on any atom is -0.508 e. The molecule has 14 nitrogen and oxygen atoms in total. The number of benzene rings is 2. The summed E-state index contributed by atoms with van der Waals surface area (Å²) >= 11 is 0. The van der Waals surface area contributed by atoms with Crippen LogP contribution in [0.4, 0.5) is 0 Å². The van der Waals surface area contributed by atoms with Crippen molar-refractivity contribution in [3.8, 4) is 23.0 Å². The monoisotopic (exact) mass is 566 g/mol. The Morgan fingerprint density at radius 2 is 1.55 bits per heavy atom. The summed E-state index contributed by atoms with van der Waals surface area (Å²) < 4.78 is 27.7. The lowest BCUT2D eigenvalue weighted by Crippen LogP contribution is -2.61. The molecule has 10 atom stereocenters. The second-order valence-electron chi connectivity index (χ2n) is 9.86. The number of phenolic OH excluding ortho intramolecular Hbond substituents is 2. The first-order chi connectivity index (χ1) is 19.0. The number of phenols is 2. The molecular weight excluding hydrogens is 536 g/mol. The van der Waals surface area contributed by atoms with Gasteiger partial charge in [-0.1, -0.05) is 12.1 Å². The molecule has 0 bridgehead atoms. The molecule has 8 N–H and O–H groups in total. The highest BCUT2D eigenvalue weighted by atomic mass is 16.7. The number of rotatable bonds is 6. The SMILES string of the molecule is O=C1CC(c2ccc(O)cc2)Oc2cc(O[C@@H]3OC(CO[C@@H]4OC[C@H](O)C(O)C4O)[C@@H](O)[C@H](O)C3O)cc(O)c21. The molecule has 3 aliphatic rings. The third-order valence-electron chi connectivity index (χ3n) is 7.04. The molecule has 5 rings (SSSR count). The van der Waals surface area contributed by atoms with E-state index in [4.69, 9.17) is 23.7 Å². The van der Waals surface area contributed by atoms with Gasteiger partial charge in [0.15, 0.2) is 12.1 Å². The zero-order valence-corrected chi connectivity index (χ0v) is 20.9. The van der Waals surface area contributed by atoms with Gasteiger partial charge in [-0.25, -0.2) is 0 Å². The largest absolute Gasteiger partial charge is 0.508 e. The van der Waals surface area contributed by atoms with Gasteiger partial charge >= 0.3 is 0 Å². The Hall–Kier alpha value is -3.05. The second-order valence-corrected chi connectivity index (χ2v) is 9.86. The van der Waals surface area contributed by atoms with Crippen LogP contribution in [0.25, 0.3) is 0 Å². The quantitative estimate of drug-likeness (QED) is 0.198. The van der Waals surface area contributed by atoms with Gasteiger partial charge in [-0.2, -0.15) is 0 Å². The maximum atomic E-state index is 12.8. The minimum atomic E-state index is -1.75. The van der Waals surface area contributed by atoms with Crippen molar-refractivity contribution in [2.75, 3.05) is 13.2 Å². The summed E-state index contributed by atoms with van der Waals surface area (Å²) in [6.45, 7) is -0.791. The van der Waals surface area contributed by atoms with Crippen LogP contribution >= 0.6 is 0 Å². The molecule has 2 aromatic rings. The number of fused-ring (bicyclic) bond motifs is 1. The van der Waals surface area contributed by atoms with Crippen LogP contribution in [0.15, 0.2) is 36.4 Å². The first kappa shape index (κ1) is 28.5. The summed E-state index contributed by atoms with van der Waals surface area (Å²) in [7, 11) is 0. The molecule has 0 spiro atoms. The number of hydrogen-bond acceptors (Lipinski definition) is 14. The number of hydrogen-bond donors (Lipinski definition) is 8. The van der Waals surface area contributed by atoms with Crippen molar-refractivity contribution >= 4 is 5.78 Å². The highest BCUT2D eigenvalue weighted by molar-refractivity contribution is 6.02. The summed E-state index contributed by atoms with van der Waals surface area (Å²) in [5, 5.41) is 80.7. The Kier molecular flexibility index (Phi) is 8.15. The van der Waals surface area contributed by atoms with Crippen LogP contribution in [0.3, 0.4) is 0 Å². The topological polar surface area (TPSA) is 225 Å². The Morgan fingerprint density at radius 3 is 2.27 bits per heavy atom. The molecule has 2 fully saturated rings.